The molecule has 2 aromatic rings. The number of morpholine rings is 1. The molecule has 1 saturated heterocycles. The molecular formula is C21H23NO5S. The number of aryl methyl sites for hydroxylation is 2. The lowest BCUT2D eigenvalue weighted by molar-refractivity contribution is -0.134. The first-order valence-electron chi connectivity index (χ1n) is 9.16. The Morgan fingerprint density at radius 2 is 1.86 bits per heavy atom. The van der Waals surface area contributed by atoms with E-state index in [0.29, 0.717) is 36.7 Å². The Hall–Kier alpha value is -2.51. The fourth-order valence-electron chi connectivity index (χ4n) is 3.02. The molecule has 1 aromatic heterocycles. The molecule has 28 heavy (non-hydrogen) atoms. The number of carbonyl (C=O) groups is 3. The van der Waals surface area contributed by atoms with Gasteiger partial charge in [-0.05, 0) is 37.6 Å². The van der Waals surface area contributed by atoms with Gasteiger partial charge in [0.1, 0.15) is 0 Å². The minimum absolute atomic E-state index is 0.0328. The van der Waals surface area contributed by atoms with Gasteiger partial charge in [-0.3, -0.25) is 9.59 Å². The minimum atomic E-state index is -0.509. The molecule has 1 aromatic carbocycles. The molecule has 0 N–H and O–H groups in total. The van der Waals surface area contributed by atoms with Crippen molar-refractivity contribution in [1.82, 2.24) is 4.90 Å². The van der Waals surface area contributed by atoms with E-state index in [1.807, 2.05) is 26.0 Å². The molecule has 1 amide bonds. The molecule has 0 bridgehead atoms. The number of rotatable bonds is 6. The lowest BCUT2D eigenvalue weighted by atomic mass is 10.1. The van der Waals surface area contributed by atoms with Crippen molar-refractivity contribution in [3.8, 4) is 0 Å². The number of thiophene rings is 1. The van der Waals surface area contributed by atoms with Gasteiger partial charge in [-0.1, -0.05) is 17.7 Å². The number of amides is 1. The highest BCUT2D eigenvalue weighted by molar-refractivity contribution is 7.14. The molecule has 0 saturated carbocycles. The second-order valence-corrected chi connectivity index (χ2v) is 7.92. The molecule has 148 valence electrons. The van der Waals surface area contributed by atoms with Crippen molar-refractivity contribution in [2.24, 2.45) is 0 Å². The van der Waals surface area contributed by atoms with Crippen LogP contribution >= 0.6 is 11.3 Å². The van der Waals surface area contributed by atoms with Crippen LogP contribution in [0.4, 0.5) is 0 Å². The highest BCUT2D eigenvalue weighted by Crippen LogP contribution is 2.19. The van der Waals surface area contributed by atoms with Crippen molar-refractivity contribution < 1.29 is 23.9 Å². The van der Waals surface area contributed by atoms with Gasteiger partial charge in [0, 0.05) is 18.0 Å². The van der Waals surface area contributed by atoms with E-state index in [2.05, 4.69) is 0 Å². The molecule has 7 heteroatoms. The number of ether oxygens (including phenoxy) is 2. The highest BCUT2D eigenvalue weighted by Gasteiger charge is 2.19. The van der Waals surface area contributed by atoms with Gasteiger partial charge in [-0.25, -0.2) is 4.79 Å². The largest absolute Gasteiger partial charge is 0.454 e. The van der Waals surface area contributed by atoms with Crippen LogP contribution in [0.15, 0.2) is 30.3 Å². The molecule has 0 atom stereocenters. The van der Waals surface area contributed by atoms with E-state index in [1.54, 1.807) is 23.1 Å². The Morgan fingerprint density at radius 1 is 1.11 bits per heavy atom. The summed E-state index contributed by atoms with van der Waals surface area (Å²) in [5.74, 6) is -0.747. The molecule has 3 rings (SSSR count). The van der Waals surface area contributed by atoms with Gasteiger partial charge in [-0.15, -0.1) is 11.3 Å². The molecule has 1 aliphatic heterocycles. The maximum Gasteiger partial charge on any atom is 0.338 e. The van der Waals surface area contributed by atoms with Gasteiger partial charge in [0.2, 0.25) is 11.7 Å². The van der Waals surface area contributed by atoms with Crippen molar-refractivity contribution in [2.45, 2.75) is 20.3 Å². The quantitative estimate of drug-likeness (QED) is 0.550. The van der Waals surface area contributed by atoms with Crippen LogP contribution in [0.5, 0.6) is 0 Å². The number of hydrogen-bond donors (Lipinski definition) is 0. The molecule has 0 unspecified atom stereocenters. The van der Waals surface area contributed by atoms with Gasteiger partial charge in [0.05, 0.1) is 30.1 Å². The van der Waals surface area contributed by atoms with Gasteiger partial charge < -0.3 is 14.4 Å². The van der Waals surface area contributed by atoms with E-state index in [1.165, 1.54) is 11.3 Å². The van der Waals surface area contributed by atoms with Crippen LogP contribution in [0.2, 0.25) is 0 Å². The first-order chi connectivity index (χ1) is 13.4. The molecule has 0 radical (unpaired) electrons. The number of hydrogen-bond acceptors (Lipinski definition) is 6. The second kappa shape index (κ2) is 9.12. The number of Topliss-reactive ketones (excluding diaryl/α,β-unsaturated/α-hetero) is 1. The molecule has 1 fully saturated rings. The monoisotopic (exact) mass is 401 g/mol. The van der Waals surface area contributed by atoms with Crippen LogP contribution in [0.3, 0.4) is 0 Å². The van der Waals surface area contributed by atoms with Crippen LogP contribution in [0.25, 0.3) is 0 Å². The molecule has 1 aliphatic rings. The molecule has 0 aliphatic carbocycles. The molecular weight excluding hydrogens is 378 g/mol. The van der Waals surface area contributed by atoms with E-state index in [9.17, 15) is 14.4 Å². The van der Waals surface area contributed by atoms with E-state index >= 15 is 0 Å². The summed E-state index contributed by atoms with van der Waals surface area (Å²) in [4.78, 5) is 39.9. The second-order valence-electron chi connectivity index (χ2n) is 6.75. The number of nitrogens with zero attached hydrogens (tertiary/aromatic N) is 1. The third kappa shape index (κ3) is 5.05. The lowest BCUT2D eigenvalue weighted by Crippen LogP contribution is -2.41. The predicted octanol–water partition coefficient (Wildman–Crippen LogP) is 2.81. The Bertz CT molecular complexity index is 883. The Labute approximate surface area is 168 Å². The van der Waals surface area contributed by atoms with Crippen molar-refractivity contribution in [1.29, 1.82) is 0 Å². The van der Waals surface area contributed by atoms with E-state index in [0.717, 1.165) is 16.0 Å². The summed E-state index contributed by atoms with van der Waals surface area (Å²) in [6, 6.07) is 8.90. The molecule has 6 nitrogen and oxygen atoms in total. The van der Waals surface area contributed by atoms with Crippen LogP contribution in [0, 0.1) is 13.8 Å². The zero-order chi connectivity index (χ0) is 20.1. The summed E-state index contributed by atoms with van der Waals surface area (Å²) < 4.78 is 10.4. The van der Waals surface area contributed by atoms with E-state index in [-0.39, 0.29) is 24.7 Å². The molecule has 0 spiro atoms. The Morgan fingerprint density at radius 3 is 2.57 bits per heavy atom. The van der Waals surface area contributed by atoms with Crippen molar-refractivity contribution >= 4 is 29.0 Å². The standard InChI is InChI=1S/C21H23NO5S/c1-14-3-5-17(15(2)11-14)21(25)27-13-18(23)19-6-4-16(28-19)12-20(24)22-7-9-26-10-8-22/h3-6,11H,7-10,12-13H2,1-2H3. The molecule has 2 heterocycles. The first-order valence-corrected chi connectivity index (χ1v) is 9.97. The third-order valence-corrected chi connectivity index (χ3v) is 5.69. The SMILES string of the molecule is Cc1ccc(C(=O)OCC(=O)c2ccc(CC(=O)N3CCOCC3)s2)c(C)c1. The maximum atomic E-state index is 12.3. The number of ketones is 1. The fourth-order valence-corrected chi connectivity index (χ4v) is 3.94. The van der Waals surface area contributed by atoms with Crippen LogP contribution in [0.1, 0.15) is 36.0 Å². The highest BCUT2D eigenvalue weighted by atomic mass is 32.1. The van der Waals surface area contributed by atoms with E-state index < -0.39 is 5.97 Å². The fraction of sp³-hybridized carbons (Fsp3) is 0.381. The summed E-state index contributed by atoms with van der Waals surface area (Å²) in [7, 11) is 0. The Balaban J connectivity index is 1.53. The summed E-state index contributed by atoms with van der Waals surface area (Å²) in [6.07, 6.45) is 0.264. The first kappa shape index (κ1) is 20.2. The minimum Gasteiger partial charge on any atom is -0.454 e. The normalized spacial score (nSPS) is 14.0. The maximum absolute atomic E-state index is 12.3. The van der Waals surface area contributed by atoms with Gasteiger partial charge >= 0.3 is 5.97 Å². The van der Waals surface area contributed by atoms with Crippen LogP contribution in [-0.4, -0.2) is 55.5 Å². The summed E-state index contributed by atoms with van der Waals surface area (Å²) in [5, 5.41) is 0. The number of benzene rings is 1. The zero-order valence-electron chi connectivity index (χ0n) is 16.0. The predicted molar refractivity (Wildman–Crippen MR) is 106 cm³/mol. The van der Waals surface area contributed by atoms with Crippen LogP contribution in [-0.2, 0) is 20.7 Å². The number of esters is 1. The summed E-state index contributed by atoms with van der Waals surface area (Å²) in [5.41, 5.74) is 2.33. The topological polar surface area (TPSA) is 72.9 Å². The van der Waals surface area contributed by atoms with Crippen LogP contribution < -0.4 is 0 Å². The third-order valence-electron chi connectivity index (χ3n) is 4.56. The summed E-state index contributed by atoms with van der Waals surface area (Å²) in [6.45, 7) is 5.79. The average Bonchev–Trinajstić information content (AvgIpc) is 3.15. The van der Waals surface area contributed by atoms with Crippen molar-refractivity contribution in [3.63, 3.8) is 0 Å². The van der Waals surface area contributed by atoms with Crippen molar-refractivity contribution in [2.75, 3.05) is 32.9 Å². The zero-order valence-corrected chi connectivity index (χ0v) is 16.8. The van der Waals surface area contributed by atoms with Gasteiger partial charge in [0.15, 0.2) is 6.61 Å². The average molecular weight is 401 g/mol. The van der Waals surface area contributed by atoms with Crippen molar-refractivity contribution in [3.05, 3.63) is 56.8 Å². The van der Waals surface area contributed by atoms with E-state index in [4.69, 9.17) is 9.47 Å². The lowest BCUT2D eigenvalue weighted by Gasteiger charge is -2.26. The Kier molecular flexibility index (Phi) is 6.59. The van der Waals surface area contributed by atoms with Gasteiger partial charge in [0.25, 0.3) is 0 Å². The smallest absolute Gasteiger partial charge is 0.338 e. The number of carbonyl (C=O) groups excluding carboxylic acids is 3. The van der Waals surface area contributed by atoms with Gasteiger partial charge in [-0.2, -0.15) is 0 Å². The summed E-state index contributed by atoms with van der Waals surface area (Å²) >= 11 is 1.27.